The van der Waals surface area contributed by atoms with E-state index in [1.807, 2.05) is 5.32 Å². The molecule has 2 atom stereocenters. The van der Waals surface area contributed by atoms with Gasteiger partial charge in [-0.25, -0.2) is 14.4 Å². The largest absolute Gasteiger partial charge is 0.480 e. The van der Waals surface area contributed by atoms with Crippen molar-refractivity contribution in [3.05, 3.63) is 29.8 Å². The van der Waals surface area contributed by atoms with E-state index >= 15 is 0 Å². The predicted octanol–water partition coefficient (Wildman–Crippen LogP) is 0.744. The molecular formula is C19H24N4O7. The van der Waals surface area contributed by atoms with E-state index in [2.05, 4.69) is 16.0 Å². The summed E-state index contributed by atoms with van der Waals surface area (Å²) in [6, 6.07) is 3.35. The maximum atomic E-state index is 12.2. The highest BCUT2D eigenvalue weighted by Crippen LogP contribution is 2.13. The molecule has 1 saturated heterocycles. The fourth-order valence-corrected chi connectivity index (χ4v) is 2.61. The van der Waals surface area contributed by atoms with Gasteiger partial charge in [-0.15, -0.1) is 0 Å². The van der Waals surface area contributed by atoms with Crippen molar-refractivity contribution in [2.75, 3.05) is 5.32 Å². The molecule has 1 aromatic rings. The second-order valence-electron chi connectivity index (χ2n) is 7.71. The van der Waals surface area contributed by atoms with Crippen molar-refractivity contribution in [2.24, 2.45) is 0 Å². The number of hydrogen-bond acceptors (Lipinski definition) is 6. The Kier molecular flexibility index (Phi) is 6.98. The van der Waals surface area contributed by atoms with Gasteiger partial charge in [0.15, 0.2) is 0 Å². The van der Waals surface area contributed by atoms with Crippen LogP contribution in [0.5, 0.6) is 0 Å². The number of imide groups is 1. The van der Waals surface area contributed by atoms with Crippen molar-refractivity contribution in [3.8, 4) is 0 Å². The summed E-state index contributed by atoms with van der Waals surface area (Å²) in [5.74, 6) is -2.32. The summed E-state index contributed by atoms with van der Waals surface area (Å²) in [4.78, 5) is 58.1. The fourth-order valence-electron chi connectivity index (χ4n) is 2.61. The molecule has 1 aromatic carbocycles. The van der Waals surface area contributed by atoms with Crippen LogP contribution in [0.3, 0.4) is 0 Å². The lowest BCUT2D eigenvalue weighted by Crippen LogP contribution is -2.56. The zero-order chi connectivity index (χ0) is 22.5. The number of alkyl carbamates (subject to hydrolysis) is 1. The number of carboxylic acids is 1. The van der Waals surface area contributed by atoms with Crippen LogP contribution in [-0.2, 0) is 25.5 Å². The van der Waals surface area contributed by atoms with Crippen molar-refractivity contribution in [1.82, 2.24) is 16.0 Å². The van der Waals surface area contributed by atoms with Crippen LogP contribution in [0.2, 0.25) is 0 Å². The monoisotopic (exact) mass is 420 g/mol. The molecule has 2 unspecified atom stereocenters. The van der Waals surface area contributed by atoms with Gasteiger partial charge in [0.25, 0.3) is 0 Å². The van der Waals surface area contributed by atoms with Crippen molar-refractivity contribution < 1.29 is 33.8 Å². The number of carbonyl (C=O) groups is 5. The molecule has 0 radical (unpaired) electrons. The first-order valence-electron chi connectivity index (χ1n) is 9.15. The van der Waals surface area contributed by atoms with Gasteiger partial charge in [-0.1, -0.05) is 12.1 Å². The Hall–Kier alpha value is -3.63. The highest BCUT2D eigenvalue weighted by molar-refractivity contribution is 6.05. The summed E-state index contributed by atoms with van der Waals surface area (Å²) >= 11 is 0. The molecule has 1 aliphatic heterocycles. The van der Waals surface area contributed by atoms with E-state index in [1.54, 1.807) is 45.0 Å². The quantitative estimate of drug-likeness (QED) is 0.453. The Balaban J connectivity index is 1.96. The molecule has 11 nitrogen and oxygen atoms in total. The molecule has 0 saturated carbocycles. The Labute approximate surface area is 172 Å². The first-order chi connectivity index (χ1) is 13.9. The normalized spacial score (nSPS) is 17.2. The highest BCUT2D eigenvalue weighted by atomic mass is 16.6. The SMILES string of the molecule is CC(C)(C)OC(=O)NC(Cc1ccc(NC(=O)C2CC(=O)NC(=O)N2)cc1)C(=O)O. The number of carboxylic acid groups (broad SMARTS) is 1. The predicted molar refractivity (Wildman–Crippen MR) is 105 cm³/mol. The molecule has 2 rings (SSSR count). The molecule has 0 aliphatic carbocycles. The Bertz CT molecular complexity index is 829. The van der Waals surface area contributed by atoms with Gasteiger partial charge in [0.05, 0.1) is 6.42 Å². The number of ether oxygens (including phenoxy) is 1. The van der Waals surface area contributed by atoms with Gasteiger partial charge in [0.1, 0.15) is 17.7 Å². The van der Waals surface area contributed by atoms with Crippen molar-refractivity contribution in [1.29, 1.82) is 0 Å². The highest BCUT2D eigenvalue weighted by Gasteiger charge is 2.29. The molecule has 1 aliphatic rings. The molecule has 162 valence electrons. The standard InChI is InChI=1S/C19H24N4O7/c1-19(2,3)30-18(29)22-13(16(26)27)8-10-4-6-11(7-5-10)20-15(25)12-9-14(24)23-17(28)21-12/h4-7,12-13H,8-9H2,1-3H3,(H,20,25)(H,22,29)(H,26,27)(H2,21,23,24,28). The maximum absolute atomic E-state index is 12.2. The van der Waals surface area contributed by atoms with E-state index < -0.39 is 47.6 Å². The van der Waals surface area contributed by atoms with E-state index in [4.69, 9.17) is 4.74 Å². The van der Waals surface area contributed by atoms with Gasteiger partial charge in [-0.05, 0) is 38.5 Å². The third-order valence-corrected chi connectivity index (χ3v) is 3.91. The van der Waals surface area contributed by atoms with Crippen LogP contribution in [0, 0.1) is 0 Å². The number of nitrogens with one attached hydrogen (secondary N) is 4. The van der Waals surface area contributed by atoms with E-state index in [1.165, 1.54) is 0 Å². The molecule has 5 amide bonds. The van der Waals surface area contributed by atoms with Crippen molar-refractivity contribution >= 4 is 35.6 Å². The molecule has 11 heteroatoms. The number of hydrogen-bond donors (Lipinski definition) is 5. The number of amides is 5. The lowest BCUT2D eigenvalue weighted by molar-refractivity contribution is -0.139. The summed E-state index contributed by atoms with van der Waals surface area (Å²) in [6.45, 7) is 5.00. The second kappa shape index (κ2) is 9.25. The van der Waals surface area contributed by atoms with Gasteiger partial charge < -0.3 is 25.8 Å². The van der Waals surface area contributed by atoms with Gasteiger partial charge in [-0.3, -0.25) is 14.9 Å². The minimum atomic E-state index is -1.22. The van der Waals surface area contributed by atoms with Crippen LogP contribution in [-0.4, -0.2) is 52.7 Å². The van der Waals surface area contributed by atoms with Crippen LogP contribution in [0.25, 0.3) is 0 Å². The molecular weight excluding hydrogens is 396 g/mol. The van der Waals surface area contributed by atoms with Crippen LogP contribution in [0.1, 0.15) is 32.8 Å². The third-order valence-electron chi connectivity index (χ3n) is 3.91. The van der Waals surface area contributed by atoms with Gasteiger partial charge in [0, 0.05) is 12.1 Å². The molecule has 0 bridgehead atoms. The summed E-state index contributed by atoms with van der Waals surface area (Å²) in [5, 5.41) is 18.6. The van der Waals surface area contributed by atoms with E-state index in [0.717, 1.165) is 0 Å². The zero-order valence-corrected chi connectivity index (χ0v) is 16.8. The topological polar surface area (TPSA) is 163 Å². The number of aliphatic carboxylic acids is 1. The van der Waals surface area contributed by atoms with Gasteiger partial charge >= 0.3 is 18.1 Å². The van der Waals surface area contributed by atoms with E-state index in [0.29, 0.717) is 11.3 Å². The van der Waals surface area contributed by atoms with Gasteiger partial charge in [0.2, 0.25) is 11.8 Å². The van der Waals surface area contributed by atoms with Crippen molar-refractivity contribution in [3.63, 3.8) is 0 Å². The van der Waals surface area contributed by atoms with Gasteiger partial charge in [-0.2, -0.15) is 0 Å². The second-order valence-corrected chi connectivity index (χ2v) is 7.71. The summed E-state index contributed by atoms with van der Waals surface area (Å²) in [6.07, 6.45) is -1.01. The average Bonchev–Trinajstić information content (AvgIpc) is 2.60. The lowest BCUT2D eigenvalue weighted by atomic mass is 10.1. The fraction of sp³-hybridized carbons (Fsp3) is 0.421. The Morgan fingerprint density at radius 2 is 1.83 bits per heavy atom. The van der Waals surface area contributed by atoms with Crippen LogP contribution < -0.4 is 21.3 Å². The molecule has 0 spiro atoms. The number of benzene rings is 1. The summed E-state index contributed by atoms with van der Waals surface area (Å²) < 4.78 is 5.07. The number of urea groups is 1. The minimum absolute atomic E-state index is 0.00164. The molecule has 1 heterocycles. The minimum Gasteiger partial charge on any atom is -0.480 e. The number of anilines is 1. The summed E-state index contributed by atoms with van der Waals surface area (Å²) in [5.41, 5.74) is 0.239. The van der Waals surface area contributed by atoms with E-state index in [-0.39, 0.29) is 12.8 Å². The molecule has 0 aromatic heterocycles. The zero-order valence-electron chi connectivity index (χ0n) is 16.8. The number of carbonyl (C=O) groups excluding carboxylic acids is 4. The van der Waals surface area contributed by atoms with Crippen LogP contribution >= 0.6 is 0 Å². The van der Waals surface area contributed by atoms with E-state index in [9.17, 15) is 29.1 Å². The number of rotatable bonds is 6. The molecule has 30 heavy (non-hydrogen) atoms. The average molecular weight is 420 g/mol. The van der Waals surface area contributed by atoms with Crippen LogP contribution in [0.4, 0.5) is 15.3 Å². The van der Waals surface area contributed by atoms with Crippen molar-refractivity contribution in [2.45, 2.75) is 51.3 Å². The first-order valence-corrected chi connectivity index (χ1v) is 9.15. The third kappa shape index (κ3) is 7.08. The first kappa shape index (κ1) is 22.7. The smallest absolute Gasteiger partial charge is 0.408 e. The van der Waals surface area contributed by atoms with Crippen LogP contribution in [0.15, 0.2) is 24.3 Å². The maximum Gasteiger partial charge on any atom is 0.408 e. The Morgan fingerprint density at radius 1 is 1.20 bits per heavy atom. The lowest BCUT2D eigenvalue weighted by Gasteiger charge is -2.22. The summed E-state index contributed by atoms with van der Waals surface area (Å²) in [7, 11) is 0. The Morgan fingerprint density at radius 3 is 2.37 bits per heavy atom. The molecule has 1 fully saturated rings. The molecule has 5 N–H and O–H groups in total.